The third-order valence-corrected chi connectivity index (χ3v) is 4.27. The minimum atomic E-state index is -0.988. The Balaban J connectivity index is 2.32. The molecule has 0 saturated heterocycles. The lowest BCUT2D eigenvalue weighted by atomic mass is 10.3. The van der Waals surface area contributed by atoms with Crippen LogP contribution in [0.2, 0.25) is 0 Å². The van der Waals surface area contributed by atoms with Crippen LogP contribution in [0.5, 0.6) is 0 Å². The molecule has 0 aliphatic rings. The van der Waals surface area contributed by atoms with Crippen LogP contribution in [-0.2, 0) is 0 Å². The quantitative estimate of drug-likeness (QED) is 0.927. The highest BCUT2D eigenvalue weighted by Gasteiger charge is 2.16. The van der Waals surface area contributed by atoms with E-state index in [1.807, 2.05) is 6.07 Å². The Labute approximate surface area is 111 Å². The van der Waals surface area contributed by atoms with Gasteiger partial charge in [0, 0.05) is 6.20 Å². The second kappa shape index (κ2) is 5.16. The van der Waals surface area contributed by atoms with Gasteiger partial charge in [-0.2, -0.15) is 5.26 Å². The summed E-state index contributed by atoms with van der Waals surface area (Å²) in [5.41, 5.74) is 0.927. The van der Waals surface area contributed by atoms with Crippen molar-refractivity contribution in [2.24, 2.45) is 0 Å². The van der Waals surface area contributed by atoms with Crippen LogP contribution < -0.4 is 0 Å². The zero-order chi connectivity index (χ0) is 13.1. The van der Waals surface area contributed by atoms with Crippen LogP contribution in [0.15, 0.2) is 27.7 Å². The molecule has 0 aromatic carbocycles. The molecule has 7 heteroatoms. The summed E-state index contributed by atoms with van der Waals surface area (Å²) < 4.78 is 0.570. The highest BCUT2D eigenvalue weighted by molar-refractivity contribution is 8.01. The highest BCUT2D eigenvalue weighted by Crippen LogP contribution is 2.33. The summed E-state index contributed by atoms with van der Waals surface area (Å²) in [5, 5.41) is 18.4. The molecule has 90 valence electrons. The SMILES string of the molecule is Cc1nc(Sc2ncccc2C#N)sc1C(=O)O. The van der Waals surface area contributed by atoms with Gasteiger partial charge in [0.2, 0.25) is 0 Å². The maximum absolute atomic E-state index is 10.9. The second-order valence-electron chi connectivity index (χ2n) is 3.27. The Hall–Kier alpha value is -1.91. The number of hydrogen-bond acceptors (Lipinski definition) is 6. The van der Waals surface area contributed by atoms with Gasteiger partial charge >= 0.3 is 5.97 Å². The summed E-state index contributed by atoms with van der Waals surface area (Å²) in [5.74, 6) is -0.988. The topological polar surface area (TPSA) is 86.9 Å². The monoisotopic (exact) mass is 277 g/mol. The Morgan fingerprint density at radius 1 is 1.61 bits per heavy atom. The van der Waals surface area contributed by atoms with Crippen LogP contribution in [-0.4, -0.2) is 21.0 Å². The fourth-order valence-electron chi connectivity index (χ4n) is 1.25. The predicted octanol–water partition coefficient (Wildman–Crippen LogP) is 2.57. The molecule has 0 unspecified atom stereocenters. The summed E-state index contributed by atoms with van der Waals surface area (Å²) in [4.78, 5) is 19.4. The van der Waals surface area contributed by atoms with E-state index < -0.39 is 5.97 Å². The Morgan fingerprint density at radius 3 is 3.00 bits per heavy atom. The molecule has 18 heavy (non-hydrogen) atoms. The minimum Gasteiger partial charge on any atom is -0.477 e. The Bertz CT molecular complexity index is 646. The van der Waals surface area contributed by atoms with E-state index >= 15 is 0 Å². The normalized spacial score (nSPS) is 10.0. The third kappa shape index (κ3) is 2.50. The van der Waals surface area contributed by atoms with Gasteiger partial charge in [-0.1, -0.05) is 11.3 Å². The van der Waals surface area contributed by atoms with E-state index in [4.69, 9.17) is 10.4 Å². The van der Waals surface area contributed by atoms with Crippen LogP contribution in [0.1, 0.15) is 20.9 Å². The molecule has 2 heterocycles. The molecule has 2 rings (SSSR count). The number of nitriles is 1. The first-order valence-corrected chi connectivity index (χ1v) is 6.49. The fourth-order valence-corrected chi connectivity index (χ4v) is 3.23. The maximum Gasteiger partial charge on any atom is 0.347 e. The van der Waals surface area contributed by atoms with Crippen molar-refractivity contribution in [3.05, 3.63) is 34.5 Å². The fraction of sp³-hybridized carbons (Fsp3) is 0.0909. The number of nitrogens with zero attached hydrogens (tertiary/aromatic N) is 3. The molecule has 0 aliphatic carbocycles. The number of pyridine rings is 1. The number of thiazole rings is 1. The molecule has 0 atom stereocenters. The van der Waals surface area contributed by atoms with Crippen molar-refractivity contribution < 1.29 is 9.90 Å². The molecular weight excluding hydrogens is 270 g/mol. The van der Waals surface area contributed by atoms with Gasteiger partial charge in [-0.05, 0) is 30.8 Å². The van der Waals surface area contributed by atoms with Crippen LogP contribution >= 0.6 is 23.1 Å². The van der Waals surface area contributed by atoms with Gasteiger partial charge in [0.15, 0.2) is 4.34 Å². The Kier molecular flexibility index (Phi) is 3.60. The van der Waals surface area contributed by atoms with Gasteiger partial charge in [0.1, 0.15) is 16.0 Å². The lowest BCUT2D eigenvalue weighted by molar-refractivity contribution is 0.0701. The molecule has 0 spiro atoms. The largest absolute Gasteiger partial charge is 0.477 e. The van der Waals surface area contributed by atoms with Crippen LogP contribution in [0.4, 0.5) is 0 Å². The van der Waals surface area contributed by atoms with E-state index in [9.17, 15) is 4.79 Å². The van der Waals surface area contributed by atoms with Gasteiger partial charge in [0.25, 0.3) is 0 Å². The van der Waals surface area contributed by atoms with E-state index in [2.05, 4.69) is 9.97 Å². The molecule has 1 N–H and O–H groups in total. The molecule has 0 amide bonds. The van der Waals surface area contributed by atoms with Crippen LogP contribution in [0, 0.1) is 18.3 Å². The number of aryl methyl sites for hydroxylation is 1. The highest BCUT2D eigenvalue weighted by atomic mass is 32.2. The summed E-state index contributed by atoms with van der Waals surface area (Å²) in [6, 6.07) is 5.38. The van der Waals surface area contributed by atoms with Crippen molar-refractivity contribution in [3.63, 3.8) is 0 Å². The average Bonchev–Trinajstić information content (AvgIpc) is 2.71. The third-order valence-electron chi connectivity index (χ3n) is 2.05. The molecule has 0 bridgehead atoms. The number of carboxylic acid groups (broad SMARTS) is 1. The first kappa shape index (κ1) is 12.5. The van der Waals surface area contributed by atoms with Crippen LogP contribution in [0.25, 0.3) is 0 Å². The van der Waals surface area contributed by atoms with Gasteiger partial charge in [-0.3, -0.25) is 0 Å². The lowest BCUT2D eigenvalue weighted by Crippen LogP contribution is -1.94. The lowest BCUT2D eigenvalue weighted by Gasteiger charge is -1.97. The van der Waals surface area contributed by atoms with Crippen molar-refractivity contribution >= 4 is 29.1 Å². The van der Waals surface area contributed by atoms with Crippen molar-refractivity contribution in [2.45, 2.75) is 16.3 Å². The average molecular weight is 277 g/mol. The molecular formula is C11H7N3O2S2. The summed E-state index contributed by atoms with van der Waals surface area (Å²) in [7, 11) is 0. The van der Waals surface area contributed by atoms with Crippen LogP contribution in [0.3, 0.4) is 0 Å². The summed E-state index contributed by atoms with van der Waals surface area (Å²) in [6.07, 6.45) is 1.59. The molecule has 0 radical (unpaired) electrons. The van der Waals surface area contributed by atoms with E-state index in [0.29, 0.717) is 20.6 Å². The zero-order valence-corrected chi connectivity index (χ0v) is 10.9. The zero-order valence-electron chi connectivity index (χ0n) is 9.25. The van der Waals surface area contributed by atoms with Crippen molar-refractivity contribution in [1.29, 1.82) is 5.26 Å². The van der Waals surface area contributed by atoms with Gasteiger partial charge in [-0.25, -0.2) is 14.8 Å². The number of hydrogen-bond donors (Lipinski definition) is 1. The minimum absolute atomic E-state index is 0.215. The summed E-state index contributed by atoms with van der Waals surface area (Å²) >= 11 is 2.29. The molecule has 0 fully saturated rings. The molecule has 0 saturated carbocycles. The number of carboxylic acids is 1. The number of aromatic nitrogens is 2. The molecule has 5 nitrogen and oxygen atoms in total. The van der Waals surface area contributed by atoms with Gasteiger partial charge < -0.3 is 5.11 Å². The van der Waals surface area contributed by atoms with Crippen molar-refractivity contribution in [3.8, 4) is 6.07 Å². The smallest absolute Gasteiger partial charge is 0.347 e. The summed E-state index contributed by atoms with van der Waals surface area (Å²) in [6.45, 7) is 1.65. The van der Waals surface area contributed by atoms with Crippen molar-refractivity contribution in [1.82, 2.24) is 9.97 Å². The maximum atomic E-state index is 10.9. The first-order chi connectivity index (χ1) is 8.61. The Morgan fingerprint density at radius 2 is 2.39 bits per heavy atom. The second-order valence-corrected chi connectivity index (χ2v) is 5.50. The van der Waals surface area contributed by atoms with Crippen molar-refractivity contribution in [2.75, 3.05) is 0 Å². The number of rotatable bonds is 3. The molecule has 2 aromatic rings. The van der Waals surface area contributed by atoms with Gasteiger partial charge in [0.05, 0.1) is 11.3 Å². The molecule has 2 aromatic heterocycles. The standard InChI is InChI=1S/C11H7N3O2S2/c1-6-8(10(15)16)17-11(14-6)18-9-7(5-12)3-2-4-13-9/h2-4H,1H3,(H,15,16). The van der Waals surface area contributed by atoms with E-state index in [1.54, 1.807) is 25.3 Å². The van der Waals surface area contributed by atoms with E-state index in [-0.39, 0.29) is 4.88 Å². The predicted molar refractivity (Wildman–Crippen MR) is 66.9 cm³/mol. The van der Waals surface area contributed by atoms with E-state index in [0.717, 1.165) is 11.3 Å². The van der Waals surface area contributed by atoms with Gasteiger partial charge in [-0.15, -0.1) is 0 Å². The molecule has 0 aliphatic heterocycles. The first-order valence-electron chi connectivity index (χ1n) is 4.85. The number of carbonyl (C=O) groups is 1. The van der Waals surface area contributed by atoms with E-state index in [1.165, 1.54) is 11.8 Å². The number of aromatic carboxylic acids is 1.